The maximum absolute atomic E-state index is 5.30. The molecule has 0 saturated carbocycles. The van der Waals surface area contributed by atoms with Crippen LogP contribution in [0, 0.1) is 0 Å². The van der Waals surface area contributed by atoms with Gasteiger partial charge >= 0.3 is 0 Å². The Balaban J connectivity index is 0.933. The van der Waals surface area contributed by atoms with Crippen LogP contribution in [0.1, 0.15) is 0 Å². The summed E-state index contributed by atoms with van der Waals surface area (Å²) >= 11 is 0. The topological polar surface area (TPSA) is 12.9 Å². The number of hydrogen-bond donors (Lipinski definition) is 0. The Labute approximate surface area is 383 Å². The zero-order valence-corrected chi connectivity index (χ0v) is 36.1. The second kappa shape index (κ2) is 15.6. The Kier molecular flexibility index (Phi) is 8.92. The van der Waals surface area contributed by atoms with Gasteiger partial charge in [0.15, 0.2) is 0 Å². The first-order chi connectivity index (χ1) is 32.7. The van der Waals surface area contributed by atoms with Gasteiger partial charge in [-0.05, 0) is 146 Å². The first-order valence-electron chi connectivity index (χ1n) is 22.8. The second-order valence-electron chi connectivity index (χ2n) is 17.4. The molecule has 0 spiro atoms. The highest BCUT2D eigenvalue weighted by Crippen LogP contribution is 2.46. The molecular formula is C65H41N. The van der Waals surface area contributed by atoms with E-state index in [9.17, 15) is 0 Å². The van der Waals surface area contributed by atoms with Crippen LogP contribution in [-0.4, -0.2) is 4.98 Å². The summed E-state index contributed by atoms with van der Waals surface area (Å²) in [5, 5.41) is 13.6. The summed E-state index contributed by atoms with van der Waals surface area (Å²) < 4.78 is 0. The standard InChI is InChI=1S/C65H41N/c1-2-15-46(16-3-1)59-41-62(66-61-36-34-47-17-8-9-22-55(47)65(59)61)52-21-12-20-50(37-52)44-25-27-45(28-26-44)51-33-35-58-60(40-51)64(54-32-30-43-14-5-7-19-49(43)39-54)57-24-11-10-23-56(57)63(58)53-31-29-42-13-4-6-18-48(42)38-53/h1-41H. The quantitative estimate of drug-likeness (QED) is 0.120. The third kappa shape index (κ3) is 6.44. The van der Waals surface area contributed by atoms with Gasteiger partial charge in [0.2, 0.25) is 0 Å². The molecule has 306 valence electrons. The minimum atomic E-state index is 0.962. The van der Waals surface area contributed by atoms with Crippen molar-refractivity contribution in [2.45, 2.75) is 0 Å². The summed E-state index contributed by atoms with van der Waals surface area (Å²) in [6.07, 6.45) is 0. The van der Waals surface area contributed by atoms with Crippen molar-refractivity contribution in [1.82, 2.24) is 4.98 Å². The van der Waals surface area contributed by atoms with Crippen LogP contribution in [0.25, 0.3) is 132 Å². The molecule has 0 saturated heterocycles. The van der Waals surface area contributed by atoms with Crippen LogP contribution in [-0.2, 0) is 0 Å². The maximum Gasteiger partial charge on any atom is 0.0722 e. The third-order valence-corrected chi connectivity index (χ3v) is 13.6. The number of benzene rings is 12. The van der Waals surface area contributed by atoms with Gasteiger partial charge in [-0.2, -0.15) is 0 Å². The van der Waals surface area contributed by atoms with Crippen LogP contribution in [0.3, 0.4) is 0 Å². The van der Waals surface area contributed by atoms with E-state index in [4.69, 9.17) is 4.98 Å². The third-order valence-electron chi connectivity index (χ3n) is 13.6. The molecule has 1 heteroatoms. The highest BCUT2D eigenvalue weighted by molar-refractivity contribution is 6.23. The van der Waals surface area contributed by atoms with E-state index in [0.29, 0.717) is 0 Å². The van der Waals surface area contributed by atoms with Crippen molar-refractivity contribution in [2.24, 2.45) is 0 Å². The number of nitrogens with zero attached hydrogens (tertiary/aromatic N) is 1. The Hall–Kier alpha value is -8.65. The zero-order valence-electron chi connectivity index (χ0n) is 36.1. The van der Waals surface area contributed by atoms with Gasteiger partial charge in [0.05, 0.1) is 11.2 Å². The van der Waals surface area contributed by atoms with E-state index in [1.54, 1.807) is 0 Å². The normalized spacial score (nSPS) is 11.6. The fraction of sp³-hybridized carbons (Fsp3) is 0. The average Bonchev–Trinajstić information content (AvgIpc) is 3.39. The summed E-state index contributed by atoms with van der Waals surface area (Å²) in [5.41, 5.74) is 15.1. The van der Waals surface area contributed by atoms with Gasteiger partial charge in [0.25, 0.3) is 0 Å². The van der Waals surface area contributed by atoms with Crippen molar-refractivity contribution in [3.05, 3.63) is 249 Å². The first-order valence-corrected chi connectivity index (χ1v) is 22.8. The first kappa shape index (κ1) is 37.9. The molecule has 0 aliphatic carbocycles. The molecule has 1 heterocycles. The second-order valence-corrected chi connectivity index (χ2v) is 17.4. The fourth-order valence-corrected chi connectivity index (χ4v) is 10.4. The summed E-state index contributed by atoms with van der Waals surface area (Å²) in [7, 11) is 0. The van der Waals surface area contributed by atoms with Crippen LogP contribution in [0.5, 0.6) is 0 Å². The molecule has 0 fully saturated rings. The van der Waals surface area contributed by atoms with Crippen molar-refractivity contribution in [3.8, 4) is 66.9 Å². The van der Waals surface area contributed by atoms with Gasteiger partial charge in [-0.3, -0.25) is 0 Å². The van der Waals surface area contributed by atoms with Crippen LogP contribution in [0.15, 0.2) is 249 Å². The van der Waals surface area contributed by atoms with Crippen molar-refractivity contribution in [1.29, 1.82) is 0 Å². The SMILES string of the molecule is c1ccc(-c2cc(-c3cccc(-c4ccc(-c5ccc6c(-c7ccc8ccccc8c7)c7ccccc7c(-c7ccc8ccccc8c7)c6c5)cc4)c3)nc3ccc4ccccc4c23)cc1. The van der Waals surface area contributed by atoms with Crippen LogP contribution >= 0.6 is 0 Å². The number of hydrogen-bond acceptors (Lipinski definition) is 1. The van der Waals surface area contributed by atoms with Crippen molar-refractivity contribution < 1.29 is 0 Å². The number of pyridine rings is 1. The van der Waals surface area contributed by atoms with E-state index < -0.39 is 0 Å². The molecule has 13 aromatic rings. The minimum Gasteiger partial charge on any atom is -0.248 e. The molecule has 0 aliphatic heterocycles. The maximum atomic E-state index is 5.30. The van der Waals surface area contributed by atoms with Gasteiger partial charge < -0.3 is 0 Å². The van der Waals surface area contributed by atoms with E-state index in [1.165, 1.54) is 104 Å². The molecule has 0 atom stereocenters. The van der Waals surface area contributed by atoms with E-state index >= 15 is 0 Å². The van der Waals surface area contributed by atoms with E-state index in [1.807, 2.05) is 0 Å². The summed E-state index contributed by atoms with van der Waals surface area (Å²) in [6.45, 7) is 0. The fourth-order valence-electron chi connectivity index (χ4n) is 10.4. The van der Waals surface area contributed by atoms with Crippen LogP contribution in [0.2, 0.25) is 0 Å². The molecule has 13 rings (SSSR count). The van der Waals surface area contributed by atoms with Crippen LogP contribution < -0.4 is 0 Å². The summed E-state index contributed by atoms with van der Waals surface area (Å²) in [4.78, 5) is 5.30. The van der Waals surface area contributed by atoms with E-state index in [2.05, 4.69) is 249 Å². The molecule has 0 N–H and O–H groups in total. The van der Waals surface area contributed by atoms with Crippen molar-refractivity contribution in [2.75, 3.05) is 0 Å². The van der Waals surface area contributed by atoms with Crippen molar-refractivity contribution >= 4 is 64.8 Å². The molecule has 0 aliphatic rings. The zero-order chi connectivity index (χ0) is 43.6. The molecule has 1 aromatic heterocycles. The Bertz CT molecular complexity index is 4030. The van der Waals surface area contributed by atoms with Crippen molar-refractivity contribution in [3.63, 3.8) is 0 Å². The van der Waals surface area contributed by atoms with Gasteiger partial charge in [-0.1, -0.05) is 212 Å². The van der Waals surface area contributed by atoms with Gasteiger partial charge in [-0.25, -0.2) is 4.98 Å². The predicted octanol–water partition coefficient (Wildman–Crippen LogP) is 18.0. The largest absolute Gasteiger partial charge is 0.248 e. The van der Waals surface area contributed by atoms with Gasteiger partial charge in [0.1, 0.15) is 0 Å². The number of aromatic nitrogens is 1. The summed E-state index contributed by atoms with van der Waals surface area (Å²) in [5.74, 6) is 0. The Morgan fingerprint density at radius 3 is 1.36 bits per heavy atom. The average molecular weight is 836 g/mol. The number of fused-ring (bicyclic) bond motifs is 7. The molecule has 0 amide bonds. The molecule has 1 nitrogen and oxygen atoms in total. The van der Waals surface area contributed by atoms with E-state index in [-0.39, 0.29) is 0 Å². The molecule has 66 heavy (non-hydrogen) atoms. The smallest absolute Gasteiger partial charge is 0.0722 e. The minimum absolute atomic E-state index is 0.962. The Morgan fingerprint density at radius 2 is 0.697 bits per heavy atom. The lowest BCUT2D eigenvalue weighted by Crippen LogP contribution is -1.92. The Morgan fingerprint density at radius 1 is 0.227 bits per heavy atom. The van der Waals surface area contributed by atoms with E-state index in [0.717, 1.165) is 27.9 Å². The predicted molar refractivity (Wildman–Crippen MR) is 282 cm³/mol. The monoisotopic (exact) mass is 835 g/mol. The number of rotatable bonds is 6. The molecule has 0 bridgehead atoms. The highest BCUT2D eigenvalue weighted by atomic mass is 14.7. The van der Waals surface area contributed by atoms with Crippen LogP contribution in [0.4, 0.5) is 0 Å². The molecule has 0 radical (unpaired) electrons. The molecule has 0 unspecified atom stereocenters. The lowest BCUT2D eigenvalue weighted by Gasteiger charge is -2.19. The molecular weight excluding hydrogens is 795 g/mol. The lowest BCUT2D eigenvalue weighted by molar-refractivity contribution is 1.40. The highest BCUT2D eigenvalue weighted by Gasteiger charge is 2.19. The summed E-state index contributed by atoms with van der Waals surface area (Å²) in [6, 6.07) is 91.0. The lowest BCUT2D eigenvalue weighted by atomic mass is 9.84. The molecule has 12 aromatic carbocycles. The van der Waals surface area contributed by atoms with Gasteiger partial charge in [0, 0.05) is 10.9 Å². The van der Waals surface area contributed by atoms with Gasteiger partial charge in [-0.15, -0.1) is 0 Å².